The van der Waals surface area contributed by atoms with Crippen LogP contribution in [0.15, 0.2) is 71.6 Å². The molecule has 0 fully saturated rings. The van der Waals surface area contributed by atoms with Crippen molar-refractivity contribution >= 4 is 21.6 Å². The number of carbonyl (C=O) groups excluding carboxylic acids is 1. The first-order valence-electron chi connectivity index (χ1n) is 11.1. The van der Waals surface area contributed by atoms with Gasteiger partial charge in [-0.3, -0.25) is 9.10 Å². The molecule has 34 heavy (non-hydrogen) atoms. The van der Waals surface area contributed by atoms with Crippen molar-refractivity contribution in [2.24, 2.45) is 0 Å². The Balaban J connectivity index is 1.63. The van der Waals surface area contributed by atoms with E-state index in [2.05, 4.69) is 5.32 Å². The molecule has 0 radical (unpaired) electrons. The molecule has 0 bridgehead atoms. The molecule has 3 aromatic rings. The summed E-state index contributed by atoms with van der Waals surface area (Å²) in [5.74, 6) is 0.570. The highest BCUT2D eigenvalue weighted by molar-refractivity contribution is 7.92. The lowest BCUT2D eigenvalue weighted by Gasteiger charge is -2.27. The Morgan fingerprint density at radius 3 is 2.35 bits per heavy atom. The maximum atomic E-state index is 13.5. The molecule has 1 aliphatic rings. The summed E-state index contributed by atoms with van der Waals surface area (Å²) in [4.78, 5) is 13.2. The van der Waals surface area contributed by atoms with Crippen LogP contribution in [0.4, 0.5) is 5.69 Å². The maximum absolute atomic E-state index is 13.5. The van der Waals surface area contributed by atoms with Gasteiger partial charge in [-0.1, -0.05) is 36.4 Å². The highest BCUT2D eigenvalue weighted by atomic mass is 32.2. The Labute approximate surface area is 200 Å². The number of sulfonamides is 1. The van der Waals surface area contributed by atoms with Crippen LogP contribution in [0.25, 0.3) is 0 Å². The summed E-state index contributed by atoms with van der Waals surface area (Å²) >= 11 is 0. The number of ether oxygens (including phenoxy) is 2. The number of hydrogen-bond donors (Lipinski definition) is 1. The summed E-state index contributed by atoms with van der Waals surface area (Å²) in [7, 11) is -4.01. The van der Waals surface area contributed by atoms with Crippen molar-refractivity contribution in [3.8, 4) is 11.5 Å². The molecular formula is C26H28N2O5S. The molecule has 1 atom stereocenters. The summed E-state index contributed by atoms with van der Waals surface area (Å²) in [6, 6.07) is 18.6. The topological polar surface area (TPSA) is 84.9 Å². The Bertz CT molecular complexity index is 1290. The largest absolute Gasteiger partial charge is 0.486 e. The molecule has 0 aromatic heterocycles. The summed E-state index contributed by atoms with van der Waals surface area (Å²) in [5, 5.41) is 2.93. The van der Waals surface area contributed by atoms with Gasteiger partial charge in [0.2, 0.25) is 5.91 Å². The number of carbonyl (C=O) groups is 1. The first-order chi connectivity index (χ1) is 16.3. The van der Waals surface area contributed by atoms with E-state index in [9.17, 15) is 13.2 Å². The minimum absolute atomic E-state index is 0.0971. The third-order valence-corrected chi connectivity index (χ3v) is 7.63. The predicted molar refractivity (Wildman–Crippen MR) is 131 cm³/mol. The van der Waals surface area contributed by atoms with Crippen LogP contribution in [-0.4, -0.2) is 34.1 Å². The number of aryl methyl sites for hydroxylation is 2. The van der Waals surface area contributed by atoms with Crippen molar-refractivity contribution in [1.29, 1.82) is 0 Å². The molecule has 0 saturated carbocycles. The first-order valence-corrected chi connectivity index (χ1v) is 12.5. The number of amides is 1. The minimum atomic E-state index is -4.01. The van der Waals surface area contributed by atoms with Crippen LogP contribution in [0, 0.1) is 13.8 Å². The monoisotopic (exact) mass is 480 g/mol. The molecule has 1 heterocycles. The summed E-state index contributed by atoms with van der Waals surface area (Å²) in [5.41, 5.74) is 3.57. The summed E-state index contributed by atoms with van der Waals surface area (Å²) in [6.07, 6.45) is 0. The SMILES string of the molecule is Cc1ccc(C(C)NC(=O)CN(c2ccc3c(c2)OCCO3)S(=O)(=O)c2ccccc2)cc1C. The van der Waals surface area contributed by atoms with E-state index >= 15 is 0 Å². The second-order valence-corrected chi connectivity index (χ2v) is 10.1. The third kappa shape index (κ3) is 5.02. The summed E-state index contributed by atoms with van der Waals surface area (Å²) < 4.78 is 39.4. The molecule has 1 amide bonds. The van der Waals surface area contributed by atoms with E-state index in [-0.39, 0.29) is 17.5 Å². The molecule has 8 heteroatoms. The fourth-order valence-electron chi connectivity index (χ4n) is 3.76. The Kier molecular flexibility index (Phi) is 6.79. The summed E-state index contributed by atoms with van der Waals surface area (Å²) in [6.45, 7) is 6.34. The van der Waals surface area contributed by atoms with E-state index < -0.39 is 15.9 Å². The number of hydrogen-bond acceptors (Lipinski definition) is 5. The zero-order valence-corrected chi connectivity index (χ0v) is 20.3. The van der Waals surface area contributed by atoms with Gasteiger partial charge in [-0.2, -0.15) is 0 Å². The second kappa shape index (κ2) is 9.77. The standard InChI is InChI=1S/C26H28N2O5S/c1-18-9-10-21(15-19(18)2)20(3)27-26(29)17-28(34(30,31)23-7-5-4-6-8-23)22-11-12-24-25(16-22)33-14-13-32-24/h4-12,15-16,20H,13-14,17H2,1-3H3,(H,27,29). The highest BCUT2D eigenvalue weighted by Gasteiger charge is 2.29. The van der Waals surface area contributed by atoms with E-state index in [1.54, 1.807) is 36.4 Å². The van der Waals surface area contributed by atoms with E-state index in [1.807, 2.05) is 39.0 Å². The Hall–Kier alpha value is -3.52. The molecule has 1 unspecified atom stereocenters. The van der Waals surface area contributed by atoms with Crippen LogP contribution in [0.3, 0.4) is 0 Å². The minimum Gasteiger partial charge on any atom is -0.486 e. The molecule has 0 saturated heterocycles. The average Bonchev–Trinajstić information content (AvgIpc) is 2.84. The van der Waals surface area contributed by atoms with Gasteiger partial charge in [-0.05, 0) is 61.7 Å². The quantitative estimate of drug-likeness (QED) is 0.549. The molecule has 7 nitrogen and oxygen atoms in total. The number of nitrogens with one attached hydrogen (secondary N) is 1. The molecule has 0 aliphatic carbocycles. The number of fused-ring (bicyclic) bond motifs is 1. The van der Waals surface area contributed by atoms with Gasteiger partial charge in [-0.15, -0.1) is 0 Å². The number of anilines is 1. The fourth-order valence-corrected chi connectivity index (χ4v) is 5.19. The van der Waals surface area contributed by atoms with Crippen LogP contribution in [0.1, 0.15) is 29.7 Å². The van der Waals surface area contributed by atoms with Crippen LogP contribution in [0.5, 0.6) is 11.5 Å². The maximum Gasteiger partial charge on any atom is 0.264 e. The van der Waals surface area contributed by atoms with Crippen molar-refractivity contribution in [1.82, 2.24) is 5.32 Å². The zero-order chi connectivity index (χ0) is 24.3. The van der Waals surface area contributed by atoms with Gasteiger partial charge in [0.15, 0.2) is 11.5 Å². The van der Waals surface area contributed by atoms with Gasteiger partial charge in [0, 0.05) is 6.07 Å². The predicted octanol–water partition coefficient (Wildman–Crippen LogP) is 4.15. The van der Waals surface area contributed by atoms with Crippen molar-refractivity contribution in [2.45, 2.75) is 31.7 Å². The lowest BCUT2D eigenvalue weighted by Crippen LogP contribution is -2.41. The normalized spacial score (nSPS) is 13.7. The van der Waals surface area contributed by atoms with Gasteiger partial charge >= 0.3 is 0 Å². The van der Waals surface area contributed by atoms with Gasteiger partial charge in [0.05, 0.1) is 16.6 Å². The number of nitrogens with zero attached hydrogens (tertiary/aromatic N) is 1. The van der Waals surface area contributed by atoms with Crippen molar-refractivity contribution in [2.75, 3.05) is 24.1 Å². The van der Waals surface area contributed by atoms with Gasteiger partial charge in [0.1, 0.15) is 19.8 Å². The molecule has 4 rings (SSSR count). The van der Waals surface area contributed by atoms with E-state index in [4.69, 9.17) is 9.47 Å². The van der Waals surface area contributed by atoms with E-state index in [1.165, 1.54) is 17.7 Å². The Morgan fingerprint density at radius 1 is 0.941 bits per heavy atom. The van der Waals surface area contributed by atoms with Gasteiger partial charge < -0.3 is 14.8 Å². The van der Waals surface area contributed by atoms with Crippen LogP contribution in [0.2, 0.25) is 0 Å². The van der Waals surface area contributed by atoms with Crippen LogP contribution >= 0.6 is 0 Å². The molecule has 1 N–H and O–H groups in total. The highest BCUT2D eigenvalue weighted by Crippen LogP contribution is 2.35. The average molecular weight is 481 g/mol. The Morgan fingerprint density at radius 2 is 1.65 bits per heavy atom. The molecule has 1 aliphatic heterocycles. The fraction of sp³-hybridized carbons (Fsp3) is 0.269. The number of rotatable bonds is 7. The van der Waals surface area contributed by atoms with Gasteiger partial charge in [-0.25, -0.2) is 8.42 Å². The van der Waals surface area contributed by atoms with Crippen molar-refractivity contribution < 1.29 is 22.7 Å². The molecule has 178 valence electrons. The van der Waals surface area contributed by atoms with E-state index in [0.717, 1.165) is 15.4 Å². The van der Waals surface area contributed by atoms with Crippen LogP contribution in [-0.2, 0) is 14.8 Å². The lowest BCUT2D eigenvalue weighted by molar-refractivity contribution is -0.120. The smallest absolute Gasteiger partial charge is 0.264 e. The first kappa shape index (κ1) is 23.6. The lowest BCUT2D eigenvalue weighted by atomic mass is 10.0. The van der Waals surface area contributed by atoms with Gasteiger partial charge in [0.25, 0.3) is 10.0 Å². The van der Waals surface area contributed by atoms with Crippen molar-refractivity contribution in [3.63, 3.8) is 0 Å². The van der Waals surface area contributed by atoms with E-state index in [0.29, 0.717) is 30.4 Å². The second-order valence-electron chi connectivity index (χ2n) is 8.29. The molecule has 3 aromatic carbocycles. The zero-order valence-electron chi connectivity index (χ0n) is 19.4. The molecule has 0 spiro atoms. The van der Waals surface area contributed by atoms with Crippen molar-refractivity contribution in [3.05, 3.63) is 83.4 Å². The number of benzene rings is 3. The third-order valence-electron chi connectivity index (χ3n) is 5.84. The molecular weight excluding hydrogens is 452 g/mol. The van der Waals surface area contributed by atoms with Crippen LogP contribution < -0.4 is 19.1 Å².